The maximum absolute atomic E-state index is 12.3. The van der Waals surface area contributed by atoms with Crippen LogP contribution in [0.4, 0.5) is 4.79 Å². The second-order valence-corrected chi connectivity index (χ2v) is 6.33. The van der Waals surface area contributed by atoms with Crippen LogP contribution < -0.4 is 5.32 Å². The van der Waals surface area contributed by atoms with Crippen LogP contribution in [0.3, 0.4) is 0 Å². The van der Waals surface area contributed by atoms with E-state index in [1.807, 2.05) is 13.8 Å². The lowest BCUT2D eigenvalue weighted by Crippen LogP contribution is -2.42. The molecule has 2 amide bonds. The molecule has 0 aromatic carbocycles. The molecule has 1 aromatic heterocycles. The van der Waals surface area contributed by atoms with Crippen molar-refractivity contribution in [3.8, 4) is 0 Å². The van der Waals surface area contributed by atoms with Gasteiger partial charge in [0.25, 0.3) is 0 Å². The molecule has 7 nitrogen and oxygen atoms in total. The van der Waals surface area contributed by atoms with Crippen LogP contribution in [0, 0.1) is 0 Å². The van der Waals surface area contributed by atoms with E-state index in [4.69, 9.17) is 9.26 Å². The first kappa shape index (κ1) is 15.3. The van der Waals surface area contributed by atoms with E-state index in [0.717, 1.165) is 51.3 Å². The van der Waals surface area contributed by atoms with Crippen LogP contribution in [-0.2, 0) is 4.74 Å². The number of ether oxygens (including phenoxy) is 1. The van der Waals surface area contributed by atoms with E-state index >= 15 is 0 Å². The summed E-state index contributed by atoms with van der Waals surface area (Å²) >= 11 is 0. The highest BCUT2D eigenvalue weighted by Crippen LogP contribution is 2.32. The zero-order valence-electron chi connectivity index (χ0n) is 13.2. The Hall–Kier alpha value is -1.63. The Kier molecular flexibility index (Phi) is 4.61. The topological polar surface area (TPSA) is 80.5 Å². The number of nitrogens with zero attached hydrogens (tertiary/aromatic N) is 3. The van der Waals surface area contributed by atoms with E-state index in [-0.39, 0.29) is 18.1 Å². The molecule has 1 N–H and O–H groups in total. The zero-order chi connectivity index (χ0) is 15.5. The van der Waals surface area contributed by atoms with Gasteiger partial charge in [-0.25, -0.2) is 4.79 Å². The minimum atomic E-state index is -0.0974. The molecule has 0 saturated carbocycles. The van der Waals surface area contributed by atoms with Crippen molar-refractivity contribution < 1.29 is 14.1 Å². The van der Waals surface area contributed by atoms with Crippen molar-refractivity contribution in [2.24, 2.45) is 0 Å². The molecule has 0 bridgehead atoms. The summed E-state index contributed by atoms with van der Waals surface area (Å²) in [6, 6.07) is -0.0302. The van der Waals surface area contributed by atoms with Crippen LogP contribution in [-0.4, -0.2) is 46.9 Å². The molecule has 7 heteroatoms. The van der Waals surface area contributed by atoms with Gasteiger partial charge < -0.3 is 19.5 Å². The lowest BCUT2D eigenvalue weighted by Gasteiger charge is -2.23. The number of nitrogens with one attached hydrogen (secondary N) is 1. The summed E-state index contributed by atoms with van der Waals surface area (Å²) in [4.78, 5) is 18.6. The van der Waals surface area contributed by atoms with Crippen LogP contribution in [0.1, 0.15) is 63.2 Å². The van der Waals surface area contributed by atoms with E-state index in [2.05, 4.69) is 15.5 Å². The lowest BCUT2D eigenvalue weighted by atomic mass is 10.00. The van der Waals surface area contributed by atoms with Gasteiger partial charge in [-0.3, -0.25) is 0 Å². The molecule has 0 radical (unpaired) electrons. The highest BCUT2D eigenvalue weighted by molar-refractivity contribution is 5.75. The average molecular weight is 308 g/mol. The molecule has 1 atom stereocenters. The van der Waals surface area contributed by atoms with Crippen LogP contribution >= 0.6 is 0 Å². The van der Waals surface area contributed by atoms with Gasteiger partial charge in [-0.05, 0) is 39.5 Å². The van der Waals surface area contributed by atoms with Gasteiger partial charge in [-0.15, -0.1) is 0 Å². The van der Waals surface area contributed by atoms with E-state index in [0.29, 0.717) is 11.8 Å². The van der Waals surface area contributed by atoms with Gasteiger partial charge in [0.15, 0.2) is 5.82 Å². The van der Waals surface area contributed by atoms with Gasteiger partial charge in [-0.1, -0.05) is 5.16 Å². The van der Waals surface area contributed by atoms with Crippen molar-refractivity contribution in [3.05, 3.63) is 11.7 Å². The van der Waals surface area contributed by atoms with Gasteiger partial charge in [0, 0.05) is 31.7 Å². The molecule has 2 aliphatic rings. The number of rotatable bonds is 3. The van der Waals surface area contributed by atoms with Crippen LogP contribution in [0.2, 0.25) is 0 Å². The largest absolute Gasteiger partial charge is 0.381 e. The molecule has 0 spiro atoms. The smallest absolute Gasteiger partial charge is 0.318 e. The van der Waals surface area contributed by atoms with E-state index in [1.54, 1.807) is 4.90 Å². The van der Waals surface area contributed by atoms with Crippen LogP contribution in [0.25, 0.3) is 0 Å². The Morgan fingerprint density at radius 2 is 2.09 bits per heavy atom. The van der Waals surface area contributed by atoms with Gasteiger partial charge in [-0.2, -0.15) is 4.98 Å². The van der Waals surface area contributed by atoms with E-state index in [1.165, 1.54) is 0 Å². The summed E-state index contributed by atoms with van der Waals surface area (Å²) in [5.41, 5.74) is 0. The molecule has 1 unspecified atom stereocenters. The highest BCUT2D eigenvalue weighted by Gasteiger charge is 2.35. The summed E-state index contributed by atoms with van der Waals surface area (Å²) in [5.74, 6) is 1.64. The molecule has 2 aliphatic heterocycles. The fraction of sp³-hybridized carbons (Fsp3) is 0.800. The number of carbonyl (C=O) groups is 1. The van der Waals surface area contributed by atoms with Crippen LogP contribution in [0.5, 0.6) is 0 Å². The minimum absolute atomic E-state index is 0.0525. The third kappa shape index (κ3) is 3.24. The van der Waals surface area contributed by atoms with Crippen molar-refractivity contribution >= 4 is 6.03 Å². The number of aromatic nitrogens is 2. The summed E-state index contributed by atoms with van der Waals surface area (Å²) in [7, 11) is 0. The van der Waals surface area contributed by atoms with Crippen molar-refractivity contribution in [1.82, 2.24) is 20.4 Å². The maximum atomic E-state index is 12.3. The van der Waals surface area contributed by atoms with Crippen molar-refractivity contribution in [2.75, 3.05) is 19.8 Å². The number of carbonyl (C=O) groups excluding carboxylic acids is 1. The monoisotopic (exact) mass is 308 g/mol. The van der Waals surface area contributed by atoms with Crippen molar-refractivity contribution in [3.63, 3.8) is 0 Å². The second kappa shape index (κ2) is 6.64. The first-order valence-corrected chi connectivity index (χ1v) is 8.13. The SMILES string of the molecule is CC(C)NC(=O)N1CCCC1c1nc(C2CCOCC2)no1. The van der Waals surface area contributed by atoms with Crippen molar-refractivity contribution in [1.29, 1.82) is 0 Å². The van der Waals surface area contributed by atoms with Crippen molar-refractivity contribution in [2.45, 2.75) is 57.5 Å². The summed E-state index contributed by atoms with van der Waals surface area (Å²) < 4.78 is 10.8. The Balaban J connectivity index is 1.70. The Morgan fingerprint density at radius 3 is 2.82 bits per heavy atom. The van der Waals surface area contributed by atoms with Gasteiger partial charge in [0.2, 0.25) is 5.89 Å². The Bertz CT molecular complexity index is 511. The van der Waals surface area contributed by atoms with Gasteiger partial charge >= 0.3 is 6.03 Å². The van der Waals surface area contributed by atoms with E-state index < -0.39 is 0 Å². The molecule has 3 rings (SSSR count). The van der Waals surface area contributed by atoms with Crippen LogP contribution in [0.15, 0.2) is 4.52 Å². The zero-order valence-corrected chi connectivity index (χ0v) is 13.2. The molecular formula is C15H24N4O3. The fourth-order valence-electron chi connectivity index (χ4n) is 3.10. The molecule has 3 heterocycles. The normalized spacial score (nSPS) is 23.2. The summed E-state index contributed by atoms with van der Waals surface area (Å²) in [6.45, 7) is 6.15. The van der Waals surface area contributed by atoms with Gasteiger partial charge in [0.05, 0.1) is 0 Å². The standard InChI is InChI=1S/C15H24N4O3/c1-10(2)16-15(20)19-7-3-4-12(19)14-17-13(18-22-14)11-5-8-21-9-6-11/h10-12H,3-9H2,1-2H3,(H,16,20). The maximum Gasteiger partial charge on any atom is 0.318 e. The number of hydrogen-bond donors (Lipinski definition) is 1. The quantitative estimate of drug-likeness (QED) is 0.926. The molecular weight excluding hydrogens is 284 g/mol. The Morgan fingerprint density at radius 1 is 1.32 bits per heavy atom. The average Bonchev–Trinajstić information content (AvgIpc) is 3.16. The summed E-state index contributed by atoms with van der Waals surface area (Å²) in [5, 5.41) is 7.07. The molecule has 1 aromatic rings. The first-order chi connectivity index (χ1) is 10.6. The molecule has 0 aliphatic carbocycles. The van der Waals surface area contributed by atoms with Gasteiger partial charge in [0.1, 0.15) is 6.04 Å². The Labute approximate surface area is 130 Å². The third-order valence-electron chi connectivity index (χ3n) is 4.25. The molecule has 122 valence electrons. The first-order valence-electron chi connectivity index (χ1n) is 8.13. The number of hydrogen-bond acceptors (Lipinski definition) is 5. The predicted octanol–water partition coefficient (Wildman–Crippen LogP) is 2.22. The lowest BCUT2D eigenvalue weighted by molar-refractivity contribution is 0.0830. The second-order valence-electron chi connectivity index (χ2n) is 6.33. The van der Waals surface area contributed by atoms with E-state index in [9.17, 15) is 4.79 Å². The molecule has 2 fully saturated rings. The molecule has 2 saturated heterocycles. The number of urea groups is 1. The summed E-state index contributed by atoms with van der Waals surface area (Å²) in [6.07, 6.45) is 3.70. The number of likely N-dealkylation sites (tertiary alicyclic amines) is 1. The number of amides is 2. The fourth-order valence-corrected chi connectivity index (χ4v) is 3.10. The third-order valence-corrected chi connectivity index (χ3v) is 4.25. The molecule has 22 heavy (non-hydrogen) atoms. The predicted molar refractivity (Wildman–Crippen MR) is 79.4 cm³/mol. The highest BCUT2D eigenvalue weighted by atomic mass is 16.5. The minimum Gasteiger partial charge on any atom is -0.381 e.